The number of benzene rings is 2. The number of carbonyl (C=O) groups is 1. The van der Waals surface area contributed by atoms with Gasteiger partial charge in [-0.3, -0.25) is 9.59 Å². The molecule has 7 nitrogen and oxygen atoms in total. The second kappa shape index (κ2) is 11.3. The number of aryl methyl sites for hydroxylation is 1. The SMILES string of the molecule is C[C@H]1[C@H]([Si](C)(C)F)[C@@H](CC(=O)N2CCC[C@H]2CO)O[C@H]1CCc1cccc(-n2ncc3ccccc3c2=O)c1. The lowest BCUT2D eigenvalue weighted by Gasteiger charge is -2.30. The van der Waals surface area contributed by atoms with Crippen LogP contribution in [0.1, 0.15) is 38.2 Å². The van der Waals surface area contributed by atoms with Crippen LogP contribution in [0.4, 0.5) is 4.11 Å². The molecule has 2 aliphatic rings. The maximum atomic E-state index is 15.5. The minimum atomic E-state index is -3.11. The van der Waals surface area contributed by atoms with Gasteiger partial charge in [0.1, 0.15) is 0 Å². The molecule has 0 aliphatic carbocycles. The van der Waals surface area contributed by atoms with E-state index in [1.54, 1.807) is 30.3 Å². The number of aliphatic hydroxyl groups is 1. The fourth-order valence-electron chi connectivity index (χ4n) is 6.65. The van der Waals surface area contributed by atoms with E-state index in [0.717, 1.165) is 23.8 Å². The van der Waals surface area contributed by atoms with Gasteiger partial charge in [-0.1, -0.05) is 37.3 Å². The van der Waals surface area contributed by atoms with Crippen LogP contribution in [-0.2, 0) is 16.0 Å². The minimum Gasteiger partial charge on any atom is -0.394 e. The molecule has 0 saturated carbocycles. The van der Waals surface area contributed by atoms with E-state index in [9.17, 15) is 14.7 Å². The van der Waals surface area contributed by atoms with Crippen LogP contribution in [0.25, 0.3) is 16.5 Å². The lowest BCUT2D eigenvalue weighted by molar-refractivity contribution is -0.135. The van der Waals surface area contributed by atoms with E-state index in [0.29, 0.717) is 30.5 Å². The van der Waals surface area contributed by atoms with Crippen LogP contribution in [0.2, 0.25) is 18.6 Å². The van der Waals surface area contributed by atoms with Crippen LogP contribution in [-0.4, -0.2) is 65.5 Å². The van der Waals surface area contributed by atoms with E-state index in [4.69, 9.17) is 4.74 Å². The number of carbonyl (C=O) groups excluding carboxylic acids is 1. The van der Waals surface area contributed by atoms with Crippen molar-refractivity contribution in [2.24, 2.45) is 5.92 Å². The van der Waals surface area contributed by atoms with Gasteiger partial charge >= 0.3 is 0 Å². The van der Waals surface area contributed by atoms with Crippen molar-refractivity contribution in [1.29, 1.82) is 0 Å². The molecule has 5 rings (SSSR count). The van der Waals surface area contributed by atoms with Gasteiger partial charge < -0.3 is 18.9 Å². The number of ether oxygens (including phenoxy) is 1. The van der Waals surface area contributed by atoms with Crippen molar-refractivity contribution in [1.82, 2.24) is 14.7 Å². The van der Waals surface area contributed by atoms with Crippen LogP contribution in [0, 0.1) is 5.92 Å². The van der Waals surface area contributed by atoms with Crippen molar-refractivity contribution < 1.29 is 18.7 Å². The van der Waals surface area contributed by atoms with Crippen molar-refractivity contribution in [2.45, 2.75) is 75.9 Å². The average Bonchev–Trinajstić information content (AvgIpc) is 3.52. The van der Waals surface area contributed by atoms with E-state index in [-0.39, 0.29) is 48.1 Å². The second-order valence-corrected chi connectivity index (χ2v) is 15.4. The molecule has 5 atom stereocenters. The predicted octanol–water partition coefficient (Wildman–Crippen LogP) is 4.64. The highest BCUT2D eigenvalue weighted by atomic mass is 28.4. The molecule has 2 saturated heterocycles. The monoisotopic (exact) mass is 551 g/mol. The molecule has 0 bridgehead atoms. The van der Waals surface area contributed by atoms with Crippen molar-refractivity contribution in [3.63, 3.8) is 0 Å². The molecule has 1 amide bonds. The van der Waals surface area contributed by atoms with Crippen LogP contribution < -0.4 is 5.56 Å². The predicted molar refractivity (Wildman–Crippen MR) is 152 cm³/mol. The standard InChI is InChI=1S/C30H38FN3O4Si/c1-20-26(38-27(29(20)39(2,3)31)17-28(36)33-15-7-11-24(33)19-35)14-13-21-8-6-10-23(16-21)34-30(37)25-12-5-4-9-22(25)18-32-34/h4-6,8-10,12,16,18,20,24,26-27,29,35H,7,11,13-15,17,19H2,1-3H3/t20-,24+,26+,27-,29+/m1/s1. The number of amides is 1. The molecular weight excluding hydrogens is 513 g/mol. The lowest BCUT2D eigenvalue weighted by Crippen LogP contribution is -2.42. The summed E-state index contributed by atoms with van der Waals surface area (Å²) in [7, 11) is -3.11. The molecule has 2 aromatic carbocycles. The van der Waals surface area contributed by atoms with E-state index >= 15 is 4.11 Å². The molecule has 1 aromatic heterocycles. The maximum absolute atomic E-state index is 15.5. The first-order chi connectivity index (χ1) is 18.7. The van der Waals surface area contributed by atoms with Crippen molar-refractivity contribution in [3.8, 4) is 5.69 Å². The molecule has 0 spiro atoms. The largest absolute Gasteiger partial charge is 0.394 e. The van der Waals surface area contributed by atoms with E-state index in [1.165, 1.54) is 4.68 Å². The Balaban J connectivity index is 1.30. The van der Waals surface area contributed by atoms with Gasteiger partial charge in [-0.15, -0.1) is 0 Å². The highest BCUT2D eigenvalue weighted by Crippen LogP contribution is 2.47. The van der Waals surface area contributed by atoms with Crippen LogP contribution >= 0.6 is 0 Å². The summed E-state index contributed by atoms with van der Waals surface area (Å²) in [5.41, 5.74) is 1.31. The third kappa shape index (κ3) is 5.71. The number of hydrogen-bond acceptors (Lipinski definition) is 5. The first-order valence-corrected chi connectivity index (χ1v) is 16.9. The number of nitrogens with zero attached hydrogens (tertiary/aromatic N) is 3. The Labute approximate surface area is 229 Å². The summed E-state index contributed by atoms with van der Waals surface area (Å²) >= 11 is 0. The van der Waals surface area contributed by atoms with Crippen LogP contribution in [0.15, 0.2) is 59.5 Å². The molecule has 208 valence electrons. The Hall–Kier alpha value is -2.88. The number of halogens is 1. The average molecular weight is 552 g/mol. The summed E-state index contributed by atoms with van der Waals surface area (Å²) < 4.78 is 23.4. The Kier molecular flexibility index (Phi) is 8.03. The van der Waals surface area contributed by atoms with Crippen molar-refractivity contribution >= 4 is 25.1 Å². The van der Waals surface area contributed by atoms with Crippen LogP contribution in [0.3, 0.4) is 0 Å². The van der Waals surface area contributed by atoms with Gasteiger partial charge in [0.2, 0.25) is 14.3 Å². The molecule has 39 heavy (non-hydrogen) atoms. The summed E-state index contributed by atoms with van der Waals surface area (Å²) in [6.45, 7) is 6.07. The number of likely N-dealkylation sites (tertiary alicyclic amines) is 1. The highest BCUT2D eigenvalue weighted by Gasteiger charge is 2.52. The molecule has 9 heteroatoms. The summed E-state index contributed by atoms with van der Waals surface area (Å²) in [5, 5.41) is 15.4. The number of aliphatic hydroxyl groups excluding tert-OH is 1. The Morgan fingerprint density at radius 2 is 1.97 bits per heavy atom. The summed E-state index contributed by atoms with van der Waals surface area (Å²) in [6.07, 6.45) is 4.34. The lowest BCUT2D eigenvalue weighted by atomic mass is 9.95. The van der Waals surface area contributed by atoms with E-state index in [2.05, 4.69) is 12.0 Å². The maximum Gasteiger partial charge on any atom is 0.279 e. The molecule has 0 radical (unpaired) electrons. The zero-order valence-electron chi connectivity index (χ0n) is 22.9. The molecule has 2 aliphatic heterocycles. The minimum absolute atomic E-state index is 0.00496. The molecule has 3 heterocycles. The summed E-state index contributed by atoms with van der Waals surface area (Å²) in [5.74, 6) is -0.0525. The second-order valence-electron chi connectivity index (χ2n) is 11.6. The normalized spacial score (nSPS) is 25.5. The number of rotatable bonds is 8. The van der Waals surface area contributed by atoms with Gasteiger partial charge in [0.15, 0.2) is 0 Å². The zero-order valence-corrected chi connectivity index (χ0v) is 23.9. The molecule has 1 N–H and O–H groups in total. The third-order valence-electron chi connectivity index (χ3n) is 8.55. The van der Waals surface area contributed by atoms with Crippen molar-refractivity contribution in [3.05, 3.63) is 70.6 Å². The quantitative estimate of drug-likeness (QED) is 0.326. The number of aromatic nitrogens is 2. The van der Waals surface area contributed by atoms with Gasteiger partial charge in [-0.2, -0.15) is 9.78 Å². The van der Waals surface area contributed by atoms with E-state index in [1.807, 2.05) is 42.5 Å². The molecule has 2 fully saturated rings. The third-order valence-corrected chi connectivity index (χ3v) is 11.0. The molecule has 3 aromatic rings. The van der Waals surface area contributed by atoms with Gasteiger partial charge in [0.05, 0.1) is 48.5 Å². The topological polar surface area (TPSA) is 84.7 Å². The molecular formula is C30H38FN3O4Si. The Morgan fingerprint density at radius 3 is 2.74 bits per heavy atom. The van der Waals surface area contributed by atoms with Gasteiger partial charge in [0, 0.05) is 17.5 Å². The highest BCUT2D eigenvalue weighted by molar-refractivity contribution is 6.72. The fourth-order valence-corrected chi connectivity index (χ4v) is 9.19. The smallest absolute Gasteiger partial charge is 0.279 e. The van der Waals surface area contributed by atoms with Crippen LogP contribution in [0.5, 0.6) is 0 Å². The molecule has 0 unspecified atom stereocenters. The summed E-state index contributed by atoms with van der Waals surface area (Å²) in [4.78, 5) is 27.9. The van der Waals surface area contributed by atoms with Crippen molar-refractivity contribution in [2.75, 3.05) is 13.2 Å². The number of fused-ring (bicyclic) bond motifs is 1. The number of hydrogen-bond donors (Lipinski definition) is 1. The Bertz CT molecular complexity index is 1390. The first-order valence-electron chi connectivity index (χ1n) is 14.0. The first kappa shape index (κ1) is 27.7. The fraction of sp³-hybridized carbons (Fsp3) is 0.500. The van der Waals surface area contributed by atoms with Gasteiger partial charge in [-0.05, 0) is 68.5 Å². The van der Waals surface area contributed by atoms with Gasteiger partial charge in [-0.25, -0.2) is 0 Å². The van der Waals surface area contributed by atoms with Gasteiger partial charge in [0.25, 0.3) is 5.56 Å². The van der Waals surface area contributed by atoms with E-state index < -0.39 is 14.5 Å². The Morgan fingerprint density at radius 1 is 1.18 bits per heavy atom. The summed E-state index contributed by atoms with van der Waals surface area (Å²) in [6, 6.07) is 15.0. The zero-order chi connectivity index (χ0) is 27.7.